The fraction of sp³-hybridized carbons (Fsp3) is 0.522. The highest BCUT2D eigenvalue weighted by Gasteiger charge is 2.42. The zero-order chi connectivity index (χ0) is 24.3. The van der Waals surface area contributed by atoms with E-state index in [0.717, 1.165) is 25.0 Å². The number of aldehydes is 1. The van der Waals surface area contributed by atoms with Crippen molar-refractivity contribution in [2.24, 2.45) is 0 Å². The Morgan fingerprint density at radius 1 is 1.03 bits per heavy atom. The molecule has 184 valence electrons. The van der Waals surface area contributed by atoms with Crippen LogP contribution < -0.4 is 21.3 Å². The number of carbonyl (C=O) groups is 5. The zero-order valence-electron chi connectivity index (χ0n) is 18.8. The number of hydrogen-bond donors (Lipinski definition) is 4. The van der Waals surface area contributed by atoms with Crippen molar-refractivity contribution in [1.82, 2.24) is 21.3 Å². The van der Waals surface area contributed by atoms with E-state index in [1.54, 1.807) is 0 Å². The fourth-order valence-electron chi connectivity index (χ4n) is 3.92. The molecule has 0 aliphatic carbocycles. The lowest BCUT2D eigenvalue weighted by Crippen LogP contribution is -2.36. The second-order valence-electron chi connectivity index (χ2n) is 8.15. The third-order valence-corrected chi connectivity index (χ3v) is 7.23. The minimum atomic E-state index is -0.633. The molecule has 11 heteroatoms. The third kappa shape index (κ3) is 7.56. The number of thioether (sulfide) groups is 1. The number of ether oxygens (including phenoxy) is 1. The Bertz CT molecular complexity index is 894. The first-order valence-corrected chi connectivity index (χ1v) is 12.4. The van der Waals surface area contributed by atoms with Gasteiger partial charge in [-0.05, 0) is 25.0 Å². The van der Waals surface area contributed by atoms with Gasteiger partial charge in [0.2, 0.25) is 11.7 Å². The number of hydrogen-bond acceptors (Lipinski definition) is 7. The van der Waals surface area contributed by atoms with Crippen LogP contribution in [0.3, 0.4) is 0 Å². The molecule has 4 amide bonds. The van der Waals surface area contributed by atoms with Gasteiger partial charge >= 0.3 is 6.03 Å². The quantitative estimate of drug-likeness (QED) is 0.0986. The molecule has 3 rings (SSSR count). The highest BCUT2D eigenvalue weighted by atomic mass is 32.2. The van der Waals surface area contributed by atoms with Gasteiger partial charge in [-0.15, -0.1) is 0 Å². The Balaban J connectivity index is 1.16. The normalized spacial score (nSPS) is 20.7. The lowest BCUT2D eigenvalue weighted by molar-refractivity contribution is -0.121. The lowest BCUT2D eigenvalue weighted by Gasteiger charge is -2.16. The van der Waals surface area contributed by atoms with Crippen LogP contribution >= 0.6 is 11.8 Å². The molecule has 0 spiro atoms. The van der Waals surface area contributed by atoms with Crippen LogP contribution in [-0.4, -0.2) is 79.3 Å². The van der Waals surface area contributed by atoms with Gasteiger partial charge in [-0.1, -0.05) is 18.6 Å². The van der Waals surface area contributed by atoms with Gasteiger partial charge in [-0.25, -0.2) is 4.79 Å². The average molecular weight is 491 g/mol. The van der Waals surface area contributed by atoms with Crippen LogP contribution in [0.1, 0.15) is 46.4 Å². The van der Waals surface area contributed by atoms with E-state index >= 15 is 0 Å². The number of nitrogens with one attached hydrogen (secondary N) is 4. The van der Waals surface area contributed by atoms with Gasteiger partial charge in [-0.3, -0.25) is 19.2 Å². The number of unbranched alkanes of at least 4 members (excludes halogenated alkanes) is 1. The van der Waals surface area contributed by atoms with Crippen molar-refractivity contribution in [3.8, 4) is 0 Å². The van der Waals surface area contributed by atoms with Crippen LogP contribution in [0.15, 0.2) is 24.3 Å². The number of amides is 4. The standard InChI is InChI=1S/C23H30N4O6S/c28-13-18(29)15-5-7-16(8-6-15)22(31)25-10-12-33-11-9-24-20(30)4-2-1-3-19-21-17(14-34-19)26-23(32)27-21/h5-8,13,17,19,21H,1-4,9-12,14H2,(H,24,30)(H,25,31)(H2,26,27,32). The van der Waals surface area contributed by atoms with Crippen molar-refractivity contribution in [1.29, 1.82) is 0 Å². The maximum atomic E-state index is 12.1. The maximum absolute atomic E-state index is 12.1. The van der Waals surface area contributed by atoms with E-state index in [1.165, 1.54) is 24.3 Å². The molecule has 3 unspecified atom stereocenters. The van der Waals surface area contributed by atoms with Gasteiger partial charge in [0.1, 0.15) is 0 Å². The van der Waals surface area contributed by atoms with Crippen molar-refractivity contribution in [2.45, 2.75) is 43.0 Å². The number of fused-ring (bicyclic) bond motifs is 1. The summed E-state index contributed by atoms with van der Waals surface area (Å²) in [6.45, 7) is 1.35. The molecule has 0 aromatic heterocycles. The van der Waals surface area contributed by atoms with Crippen LogP contribution in [-0.2, 0) is 14.3 Å². The summed E-state index contributed by atoms with van der Waals surface area (Å²) in [5.74, 6) is -0.0105. The highest BCUT2D eigenvalue weighted by Crippen LogP contribution is 2.33. The third-order valence-electron chi connectivity index (χ3n) is 5.72. The maximum Gasteiger partial charge on any atom is 0.315 e. The monoisotopic (exact) mass is 490 g/mol. The molecule has 2 saturated heterocycles. The number of ketones is 1. The molecular weight excluding hydrogens is 460 g/mol. The van der Waals surface area contributed by atoms with Crippen molar-refractivity contribution >= 4 is 41.7 Å². The lowest BCUT2D eigenvalue weighted by atomic mass is 10.0. The second kappa shape index (κ2) is 13.1. The van der Waals surface area contributed by atoms with Crippen LogP contribution in [0.25, 0.3) is 0 Å². The van der Waals surface area contributed by atoms with Crippen LogP contribution in [0.2, 0.25) is 0 Å². The summed E-state index contributed by atoms with van der Waals surface area (Å²) in [6, 6.07) is 6.18. The van der Waals surface area contributed by atoms with Crippen LogP contribution in [0, 0.1) is 0 Å². The van der Waals surface area contributed by atoms with Gasteiger partial charge in [0, 0.05) is 41.6 Å². The topological polar surface area (TPSA) is 143 Å². The minimum absolute atomic E-state index is 0.0128. The first kappa shape index (κ1) is 25.7. The molecule has 2 aliphatic heterocycles. The van der Waals surface area contributed by atoms with Crippen LogP contribution in [0.5, 0.6) is 0 Å². The summed E-state index contributed by atoms with van der Waals surface area (Å²) in [6.07, 6.45) is 3.42. The van der Waals surface area contributed by atoms with Crippen LogP contribution in [0.4, 0.5) is 4.79 Å². The molecule has 0 saturated carbocycles. The first-order valence-electron chi connectivity index (χ1n) is 11.4. The Labute approximate surface area is 202 Å². The zero-order valence-corrected chi connectivity index (χ0v) is 19.7. The number of carbonyl (C=O) groups excluding carboxylic acids is 5. The summed E-state index contributed by atoms with van der Waals surface area (Å²) in [5.41, 5.74) is 0.616. The predicted octanol–water partition coefficient (Wildman–Crippen LogP) is 0.657. The van der Waals surface area contributed by atoms with Crippen molar-refractivity contribution in [3.63, 3.8) is 0 Å². The van der Waals surface area contributed by atoms with E-state index in [2.05, 4.69) is 21.3 Å². The van der Waals surface area contributed by atoms with E-state index in [9.17, 15) is 24.0 Å². The first-order chi connectivity index (χ1) is 16.5. The Hall–Kier alpha value is -2.92. The van der Waals surface area contributed by atoms with E-state index in [4.69, 9.17) is 4.74 Å². The summed E-state index contributed by atoms with van der Waals surface area (Å²) in [7, 11) is 0. The van der Waals surface area contributed by atoms with E-state index < -0.39 is 5.78 Å². The second-order valence-corrected chi connectivity index (χ2v) is 9.42. The molecule has 2 heterocycles. The summed E-state index contributed by atoms with van der Waals surface area (Å²) in [5, 5.41) is 11.8. The molecule has 3 atom stereocenters. The highest BCUT2D eigenvalue weighted by molar-refractivity contribution is 8.00. The van der Waals surface area contributed by atoms with Crippen molar-refractivity contribution in [2.75, 3.05) is 32.1 Å². The molecular formula is C23H30N4O6S. The molecule has 1 aromatic carbocycles. The number of Topliss-reactive ketones (excluding diaryl/α,β-unsaturated/α-hetero) is 1. The number of urea groups is 1. The van der Waals surface area contributed by atoms with Crippen molar-refractivity contribution in [3.05, 3.63) is 35.4 Å². The summed E-state index contributed by atoms with van der Waals surface area (Å²) < 4.78 is 5.42. The molecule has 10 nitrogen and oxygen atoms in total. The van der Waals surface area contributed by atoms with E-state index in [-0.39, 0.29) is 41.8 Å². The van der Waals surface area contributed by atoms with E-state index in [0.29, 0.717) is 43.5 Å². The van der Waals surface area contributed by atoms with E-state index in [1.807, 2.05) is 11.8 Å². The fourth-order valence-corrected chi connectivity index (χ4v) is 5.46. The molecule has 4 N–H and O–H groups in total. The SMILES string of the molecule is O=CC(=O)c1ccc(C(=O)NCCOCCNC(=O)CCCCC2SCC3NC(=O)NC32)cc1. The van der Waals surface area contributed by atoms with Gasteiger partial charge in [0.05, 0.1) is 25.3 Å². The summed E-state index contributed by atoms with van der Waals surface area (Å²) >= 11 is 1.88. The largest absolute Gasteiger partial charge is 0.378 e. The summed E-state index contributed by atoms with van der Waals surface area (Å²) in [4.78, 5) is 57.1. The molecule has 2 aliphatic rings. The Morgan fingerprint density at radius 3 is 2.47 bits per heavy atom. The molecule has 0 radical (unpaired) electrons. The number of benzene rings is 1. The predicted molar refractivity (Wildman–Crippen MR) is 127 cm³/mol. The minimum Gasteiger partial charge on any atom is -0.378 e. The van der Waals surface area contributed by atoms with Gasteiger partial charge < -0.3 is 26.0 Å². The Kier molecular flexibility index (Phi) is 9.89. The smallest absolute Gasteiger partial charge is 0.315 e. The van der Waals surface area contributed by atoms with Gasteiger partial charge in [0.15, 0.2) is 6.29 Å². The number of rotatable bonds is 14. The van der Waals surface area contributed by atoms with Gasteiger partial charge in [-0.2, -0.15) is 11.8 Å². The Morgan fingerprint density at radius 2 is 1.74 bits per heavy atom. The molecule has 2 fully saturated rings. The molecule has 34 heavy (non-hydrogen) atoms. The average Bonchev–Trinajstić information content (AvgIpc) is 3.39. The van der Waals surface area contributed by atoms with Gasteiger partial charge in [0.25, 0.3) is 5.91 Å². The van der Waals surface area contributed by atoms with Crippen molar-refractivity contribution < 1.29 is 28.7 Å². The molecule has 1 aromatic rings. The molecule has 0 bridgehead atoms.